The van der Waals surface area contributed by atoms with Crippen molar-refractivity contribution in [3.8, 4) is 12.3 Å². The Morgan fingerprint density at radius 3 is 2.75 bits per heavy atom. The molecule has 0 bridgehead atoms. The van der Waals surface area contributed by atoms with E-state index in [1.54, 1.807) is 18.1 Å². The molecule has 1 heterocycles. The summed E-state index contributed by atoms with van der Waals surface area (Å²) in [6.45, 7) is 5.83. The number of amides is 1. The van der Waals surface area contributed by atoms with Crippen LogP contribution in [0.2, 0.25) is 0 Å². The van der Waals surface area contributed by atoms with Crippen molar-refractivity contribution in [2.45, 2.75) is 26.8 Å². The van der Waals surface area contributed by atoms with Crippen LogP contribution in [0.4, 0.5) is 0 Å². The van der Waals surface area contributed by atoms with Gasteiger partial charge < -0.3 is 4.90 Å². The first kappa shape index (κ1) is 14.1. The Morgan fingerprint density at radius 1 is 1.40 bits per heavy atom. The Balaban J connectivity index is 2.63. The van der Waals surface area contributed by atoms with E-state index in [-0.39, 0.29) is 11.9 Å². The Hall–Kier alpha value is -2.34. The smallest absolute Gasteiger partial charge is 0.256 e. The summed E-state index contributed by atoms with van der Waals surface area (Å²) >= 11 is 0. The summed E-state index contributed by atoms with van der Waals surface area (Å²) in [6.07, 6.45) is 7.13. The zero-order chi connectivity index (χ0) is 14.9. The molecule has 0 spiro atoms. The van der Waals surface area contributed by atoms with Crippen molar-refractivity contribution in [1.29, 1.82) is 0 Å². The average molecular weight is 266 g/mol. The molecule has 1 aromatic carbocycles. The van der Waals surface area contributed by atoms with Crippen LogP contribution in [0.25, 0.3) is 10.9 Å². The predicted octanol–water partition coefficient (Wildman–Crippen LogP) is 2.95. The van der Waals surface area contributed by atoms with Crippen molar-refractivity contribution in [2.75, 3.05) is 7.05 Å². The molecule has 1 atom stereocenters. The Bertz CT molecular complexity index is 713. The lowest BCUT2D eigenvalue weighted by Gasteiger charge is -2.21. The van der Waals surface area contributed by atoms with Gasteiger partial charge in [-0.1, -0.05) is 5.92 Å². The van der Waals surface area contributed by atoms with Crippen molar-refractivity contribution >= 4 is 16.8 Å². The maximum Gasteiger partial charge on any atom is 0.256 e. The summed E-state index contributed by atoms with van der Waals surface area (Å²) in [7, 11) is 1.72. The van der Waals surface area contributed by atoms with Gasteiger partial charge in [0, 0.05) is 18.6 Å². The van der Waals surface area contributed by atoms with Crippen LogP contribution in [0.3, 0.4) is 0 Å². The molecule has 3 nitrogen and oxygen atoms in total. The van der Waals surface area contributed by atoms with Gasteiger partial charge in [0.15, 0.2) is 0 Å². The number of aromatic nitrogens is 1. The Kier molecular flexibility index (Phi) is 3.76. The number of aryl methyl sites for hydroxylation is 2. The summed E-state index contributed by atoms with van der Waals surface area (Å²) in [4.78, 5) is 18.6. The quantitative estimate of drug-likeness (QED) is 0.783. The van der Waals surface area contributed by atoms with Gasteiger partial charge in [0.25, 0.3) is 5.91 Å². The maximum atomic E-state index is 12.6. The van der Waals surface area contributed by atoms with Crippen LogP contribution >= 0.6 is 0 Å². The number of terminal acetylenes is 1. The molecule has 0 saturated carbocycles. The van der Waals surface area contributed by atoms with Gasteiger partial charge in [-0.15, -0.1) is 6.42 Å². The zero-order valence-corrected chi connectivity index (χ0v) is 12.3. The van der Waals surface area contributed by atoms with Gasteiger partial charge in [-0.25, -0.2) is 0 Å². The number of nitrogens with zero attached hydrogens (tertiary/aromatic N) is 2. The molecule has 0 N–H and O–H groups in total. The Labute approximate surface area is 119 Å². The third kappa shape index (κ3) is 2.37. The van der Waals surface area contributed by atoms with Gasteiger partial charge in [-0.2, -0.15) is 0 Å². The van der Waals surface area contributed by atoms with E-state index in [9.17, 15) is 4.79 Å². The summed E-state index contributed by atoms with van der Waals surface area (Å²) in [6, 6.07) is 5.63. The molecule has 0 aliphatic carbocycles. The molecular formula is C17H18N2O. The molecule has 0 saturated heterocycles. The van der Waals surface area contributed by atoms with Gasteiger partial charge in [-0.3, -0.25) is 9.78 Å². The normalized spacial score (nSPS) is 11.9. The minimum absolute atomic E-state index is 0.0951. The van der Waals surface area contributed by atoms with Crippen LogP contribution in [0, 0.1) is 26.2 Å². The van der Waals surface area contributed by atoms with Crippen LogP contribution in [-0.2, 0) is 0 Å². The first-order valence-electron chi connectivity index (χ1n) is 6.55. The number of carbonyl (C=O) groups excluding carboxylic acids is 1. The summed E-state index contributed by atoms with van der Waals surface area (Å²) in [5.41, 5.74) is 3.49. The summed E-state index contributed by atoms with van der Waals surface area (Å²) in [5.74, 6) is 2.48. The highest BCUT2D eigenvalue weighted by Gasteiger charge is 2.19. The van der Waals surface area contributed by atoms with Crippen LogP contribution in [0.5, 0.6) is 0 Å². The van der Waals surface area contributed by atoms with Crippen LogP contribution in [-0.4, -0.2) is 28.9 Å². The molecule has 0 radical (unpaired) electrons. The monoisotopic (exact) mass is 266 g/mol. The van der Waals surface area contributed by atoms with Gasteiger partial charge in [0.1, 0.15) is 0 Å². The van der Waals surface area contributed by atoms with E-state index >= 15 is 0 Å². The number of rotatable bonds is 2. The summed E-state index contributed by atoms with van der Waals surface area (Å²) in [5, 5.41) is 1.01. The van der Waals surface area contributed by atoms with Gasteiger partial charge in [0.05, 0.1) is 17.1 Å². The molecular weight excluding hydrogens is 248 g/mol. The molecule has 102 valence electrons. The van der Waals surface area contributed by atoms with Crippen molar-refractivity contribution in [1.82, 2.24) is 9.88 Å². The highest BCUT2D eigenvalue weighted by Crippen LogP contribution is 2.23. The minimum Gasteiger partial charge on any atom is -0.328 e. The molecule has 20 heavy (non-hydrogen) atoms. The first-order valence-corrected chi connectivity index (χ1v) is 6.55. The van der Waals surface area contributed by atoms with Crippen LogP contribution in [0.1, 0.15) is 28.4 Å². The standard InChI is InChI=1S/C17H18N2O/c1-6-13(4)19(5)17(20)15-10-11(2)9-14-12(3)7-8-18-16(14)15/h1,7-10,13H,2-5H3/t13-/m0/s1. The van der Waals surface area contributed by atoms with E-state index in [0.717, 1.165) is 22.0 Å². The fourth-order valence-electron chi connectivity index (χ4n) is 2.17. The van der Waals surface area contributed by atoms with Gasteiger partial charge >= 0.3 is 0 Å². The minimum atomic E-state index is -0.247. The third-order valence-electron chi connectivity index (χ3n) is 3.58. The lowest BCUT2D eigenvalue weighted by molar-refractivity contribution is 0.0776. The molecule has 0 aliphatic heterocycles. The number of pyridine rings is 1. The second-order valence-electron chi connectivity index (χ2n) is 5.10. The molecule has 2 rings (SSSR count). The van der Waals surface area contributed by atoms with E-state index in [1.165, 1.54) is 0 Å². The van der Waals surface area contributed by atoms with Gasteiger partial charge in [0.2, 0.25) is 0 Å². The van der Waals surface area contributed by atoms with E-state index in [1.807, 2.05) is 32.9 Å². The zero-order valence-electron chi connectivity index (χ0n) is 12.3. The number of benzene rings is 1. The average Bonchev–Trinajstić information content (AvgIpc) is 2.45. The van der Waals surface area contributed by atoms with Crippen molar-refractivity contribution in [3.05, 3.63) is 41.1 Å². The van der Waals surface area contributed by atoms with Crippen molar-refractivity contribution < 1.29 is 4.79 Å². The number of fused-ring (bicyclic) bond motifs is 1. The summed E-state index contributed by atoms with van der Waals surface area (Å²) < 4.78 is 0. The lowest BCUT2D eigenvalue weighted by atomic mass is 10.0. The largest absolute Gasteiger partial charge is 0.328 e. The first-order chi connectivity index (χ1) is 9.45. The second kappa shape index (κ2) is 5.34. The third-order valence-corrected chi connectivity index (χ3v) is 3.58. The topological polar surface area (TPSA) is 33.2 Å². The molecule has 1 amide bonds. The number of carbonyl (C=O) groups is 1. The van der Waals surface area contributed by atoms with E-state index in [4.69, 9.17) is 6.42 Å². The molecule has 1 aromatic heterocycles. The molecule has 0 unspecified atom stereocenters. The van der Waals surface area contributed by atoms with Crippen molar-refractivity contribution in [3.63, 3.8) is 0 Å². The Morgan fingerprint density at radius 2 is 2.10 bits per heavy atom. The van der Waals surface area contributed by atoms with E-state index in [2.05, 4.69) is 17.0 Å². The van der Waals surface area contributed by atoms with E-state index < -0.39 is 0 Å². The van der Waals surface area contributed by atoms with Crippen LogP contribution in [0.15, 0.2) is 24.4 Å². The van der Waals surface area contributed by atoms with E-state index in [0.29, 0.717) is 5.56 Å². The molecule has 2 aromatic rings. The highest BCUT2D eigenvalue weighted by atomic mass is 16.2. The maximum absolute atomic E-state index is 12.6. The molecule has 0 aliphatic rings. The number of hydrogen-bond acceptors (Lipinski definition) is 2. The van der Waals surface area contributed by atoms with Gasteiger partial charge in [-0.05, 0) is 50.1 Å². The fourth-order valence-corrected chi connectivity index (χ4v) is 2.17. The SMILES string of the molecule is C#C[C@H](C)N(C)C(=O)c1cc(C)cc2c(C)ccnc12. The predicted molar refractivity (Wildman–Crippen MR) is 81.6 cm³/mol. The lowest BCUT2D eigenvalue weighted by Crippen LogP contribution is -2.34. The molecule has 3 heteroatoms. The highest BCUT2D eigenvalue weighted by molar-refractivity contribution is 6.06. The fraction of sp³-hybridized carbons (Fsp3) is 0.294. The molecule has 0 fully saturated rings. The number of hydrogen-bond donors (Lipinski definition) is 0. The van der Waals surface area contributed by atoms with Crippen molar-refractivity contribution in [2.24, 2.45) is 0 Å². The van der Waals surface area contributed by atoms with Crippen LogP contribution < -0.4 is 0 Å². The second-order valence-corrected chi connectivity index (χ2v) is 5.10.